The van der Waals surface area contributed by atoms with E-state index in [0.29, 0.717) is 6.42 Å². The van der Waals surface area contributed by atoms with Crippen molar-refractivity contribution in [1.29, 1.82) is 0 Å². The summed E-state index contributed by atoms with van der Waals surface area (Å²) in [5.74, 6) is 0.281. The molecule has 3 nitrogen and oxygen atoms in total. The van der Waals surface area contributed by atoms with Crippen molar-refractivity contribution in [2.24, 2.45) is 0 Å². The fraction of sp³-hybridized carbons (Fsp3) is 0.545. The zero-order valence-electron chi connectivity index (χ0n) is 8.74. The molecule has 0 spiro atoms. The molecular weight excluding hydrogens is 208 g/mol. The number of hydrogen-bond acceptors (Lipinski definition) is 4. The first-order valence-electron chi connectivity index (χ1n) is 5.36. The van der Waals surface area contributed by atoms with E-state index in [1.807, 2.05) is 17.5 Å². The molecule has 0 saturated carbocycles. The van der Waals surface area contributed by atoms with Crippen LogP contribution in [0.5, 0.6) is 0 Å². The highest BCUT2D eigenvalue weighted by Crippen LogP contribution is 2.11. The molecule has 0 radical (unpaired) electrons. The van der Waals surface area contributed by atoms with E-state index in [9.17, 15) is 4.79 Å². The number of rotatable bonds is 4. The molecule has 0 amide bonds. The second-order valence-electron chi connectivity index (χ2n) is 3.74. The predicted octanol–water partition coefficient (Wildman–Crippen LogP) is 1.23. The van der Waals surface area contributed by atoms with E-state index in [-0.39, 0.29) is 5.78 Å². The van der Waals surface area contributed by atoms with Crippen LogP contribution in [0.25, 0.3) is 0 Å². The van der Waals surface area contributed by atoms with E-state index in [0.717, 1.165) is 37.6 Å². The molecule has 2 rings (SSSR count). The predicted molar refractivity (Wildman–Crippen MR) is 62.6 cm³/mol. The van der Waals surface area contributed by atoms with Crippen LogP contribution in [0.2, 0.25) is 0 Å². The molecule has 1 aliphatic heterocycles. The van der Waals surface area contributed by atoms with Crippen LogP contribution in [0, 0.1) is 0 Å². The van der Waals surface area contributed by atoms with Crippen LogP contribution in [0.4, 0.5) is 0 Å². The standard InChI is InChI=1S/C11H16N2OS/c14-10(11-2-1-9-15-11)3-6-13-7-4-12-5-8-13/h1-2,9,12H,3-8H2. The molecule has 0 aromatic carbocycles. The maximum atomic E-state index is 11.7. The number of ketones is 1. The highest BCUT2D eigenvalue weighted by atomic mass is 32.1. The van der Waals surface area contributed by atoms with Gasteiger partial charge in [-0.1, -0.05) is 6.07 Å². The van der Waals surface area contributed by atoms with Crippen molar-refractivity contribution < 1.29 is 4.79 Å². The Labute approximate surface area is 94.1 Å². The molecule has 15 heavy (non-hydrogen) atoms. The van der Waals surface area contributed by atoms with Crippen LogP contribution >= 0.6 is 11.3 Å². The minimum Gasteiger partial charge on any atom is -0.314 e. The van der Waals surface area contributed by atoms with Gasteiger partial charge < -0.3 is 10.2 Å². The average molecular weight is 224 g/mol. The summed E-state index contributed by atoms with van der Waals surface area (Å²) in [6, 6.07) is 3.84. The van der Waals surface area contributed by atoms with Crippen molar-refractivity contribution in [3.05, 3.63) is 22.4 Å². The normalized spacial score (nSPS) is 17.9. The highest BCUT2D eigenvalue weighted by molar-refractivity contribution is 7.12. The van der Waals surface area contributed by atoms with Gasteiger partial charge in [-0.15, -0.1) is 11.3 Å². The number of hydrogen-bond donors (Lipinski definition) is 1. The molecule has 1 fully saturated rings. The zero-order valence-corrected chi connectivity index (χ0v) is 9.55. The van der Waals surface area contributed by atoms with E-state index in [1.165, 1.54) is 11.3 Å². The van der Waals surface area contributed by atoms with E-state index in [2.05, 4.69) is 10.2 Å². The number of nitrogens with one attached hydrogen (secondary N) is 1. The van der Waals surface area contributed by atoms with Crippen LogP contribution in [-0.2, 0) is 0 Å². The molecule has 2 heterocycles. The fourth-order valence-corrected chi connectivity index (χ4v) is 2.45. The summed E-state index contributed by atoms with van der Waals surface area (Å²) in [5, 5.41) is 5.26. The van der Waals surface area contributed by atoms with Crippen molar-refractivity contribution in [3.63, 3.8) is 0 Å². The van der Waals surface area contributed by atoms with Crippen LogP contribution in [0.3, 0.4) is 0 Å². The summed E-state index contributed by atoms with van der Waals surface area (Å²) in [7, 11) is 0. The summed E-state index contributed by atoms with van der Waals surface area (Å²) in [6.07, 6.45) is 0.653. The molecule has 1 saturated heterocycles. The van der Waals surface area contributed by atoms with Crippen molar-refractivity contribution in [1.82, 2.24) is 10.2 Å². The van der Waals surface area contributed by atoms with Crippen molar-refractivity contribution in [2.45, 2.75) is 6.42 Å². The summed E-state index contributed by atoms with van der Waals surface area (Å²) < 4.78 is 0. The Hall–Kier alpha value is -0.710. The minimum absolute atomic E-state index is 0.281. The molecule has 1 aliphatic rings. The maximum Gasteiger partial charge on any atom is 0.174 e. The second kappa shape index (κ2) is 5.39. The van der Waals surface area contributed by atoms with Gasteiger partial charge in [0, 0.05) is 39.1 Å². The molecular formula is C11H16N2OS. The lowest BCUT2D eigenvalue weighted by atomic mass is 10.2. The van der Waals surface area contributed by atoms with Crippen molar-refractivity contribution >= 4 is 17.1 Å². The summed E-state index contributed by atoms with van der Waals surface area (Å²) >= 11 is 1.54. The number of piperazine rings is 1. The summed E-state index contributed by atoms with van der Waals surface area (Å²) in [6.45, 7) is 5.13. The topological polar surface area (TPSA) is 32.3 Å². The van der Waals surface area contributed by atoms with Gasteiger partial charge in [-0.05, 0) is 11.4 Å². The summed E-state index contributed by atoms with van der Waals surface area (Å²) in [4.78, 5) is 15.0. The molecule has 0 aliphatic carbocycles. The Bertz CT molecular complexity index is 304. The first kappa shape index (κ1) is 10.8. The molecule has 0 unspecified atom stereocenters. The molecule has 4 heteroatoms. The van der Waals surface area contributed by atoms with Crippen molar-refractivity contribution in [3.8, 4) is 0 Å². The molecule has 82 valence electrons. The van der Waals surface area contributed by atoms with E-state index in [4.69, 9.17) is 0 Å². The number of nitrogens with zero attached hydrogens (tertiary/aromatic N) is 1. The van der Waals surface area contributed by atoms with Gasteiger partial charge in [0.15, 0.2) is 5.78 Å². The minimum atomic E-state index is 0.281. The van der Waals surface area contributed by atoms with Gasteiger partial charge in [-0.2, -0.15) is 0 Å². The zero-order chi connectivity index (χ0) is 10.5. The largest absolute Gasteiger partial charge is 0.314 e. The number of carbonyl (C=O) groups is 1. The fourth-order valence-electron chi connectivity index (χ4n) is 1.75. The first-order chi connectivity index (χ1) is 7.36. The first-order valence-corrected chi connectivity index (χ1v) is 6.24. The van der Waals surface area contributed by atoms with Gasteiger partial charge in [0.1, 0.15) is 0 Å². The van der Waals surface area contributed by atoms with Crippen molar-refractivity contribution in [2.75, 3.05) is 32.7 Å². The molecule has 0 bridgehead atoms. The lowest BCUT2D eigenvalue weighted by Crippen LogP contribution is -2.44. The van der Waals surface area contributed by atoms with Gasteiger partial charge in [0.05, 0.1) is 4.88 Å². The quantitative estimate of drug-likeness (QED) is 0.781. The molecule has 1 N–H and O–H groups in total. The third-order valence-electron chi connectivity index (χ3n) is 2.66. The summed E-state index contributed by atoms with van der Waals surface area (Å²) in [5.41, 5.74) is 0. The lowest BCUT2D eigenvalue weighted by Gasteiger charge is -2.26. The molecule has 1 aromatic heterocycles. The van der Waals surface area contributed by atoms with Crippen LogP contribution in [-0.4, -0.2) is 43.4 Å². The van der Waals surface area contributed by atoms with Crippen LogP contribution < -0.4 is 5.32 Å². The van der Waals surface area contributed by atoms with E-state index < -0.39 is 0 Å². The van der Waals surface area contributed by atoms with Gasteiger partial charge >= 0.3 is 0 Å². The monoisotopic (exact) mass is 224 g/mol. The second-order valence-corrected chi connectivity index (χ2v) is 4.69. The Balaban J connectivity index is 1.75. The third-order valence-corrected chi connectivity index (χ3v) is 3.57. The Morgan fingerprint density at radius 2 is 2.27 bits per heavy atom. The average Bonchev–Trinajstić information content (AvgIpc) is 2.81. The van der Waals surface area contributed by atoms with Gasteiger partial charge in [-0.3, -0.25) is 4.79 Å². The highest BCUT2D eigenvalue weighted by Gasteiger charge is 2.12. The number of carbonyl (C=O) groups excluding carboxylic acids is 1. The Morgan fingerprint density at radius 3 is 2.93 bits per heavy atom. The number of thiophene rings is 1. The molecule has 0 atom stereocenters. The van der Waals surface area contributed by atoms with E-state index in [1.54, 1.807) is 0 Å². The third kappa shape index (κ3) is 3.12. The molecule has 1 aromatic rings. The van der Waals surface area contributed by atoms with E-state index >= 15 is 0 Å². The lowest BCUT2D eigenvalue weighted by molar-refractivity contribution is 0.0964. The van der Waals surface area contributed by atoms with Crippen LogP contribution in [0.1, 0.15) is 16.1 Å². The van der Waals surface area contributed by atoms with Gasteiger partial charge in [0.25, 0.3) is 0 Å². The SMILES string of the molecule is O=C(CCN1CCNCC1)c1cccs1. The Morgan fingerprint density at radius 1 is 1.47 bits per heavy atom. The van der Waals surface area contributed by atoms with Gasteiger partial charge in [-0.25, -0.2) is 0 Å². The Kier molecular flexibility index (Phi) is 3.88. The maximum absolute atomic E-state index is 11.7. The number of Topliss-reactive ketones (excluding diaryl/α,β-unsaturated/α-hetero) is 1. The van der Waals surface area contributed by atoms with Gasteiger partial charge in [0.2, 0.25) is 0 Å². The van der Waals surface area contributed by atoms with Crippen LogP contribution in [0.15, 0.2) is 17.5 Å². The smallest absolute Gasteiger partial charge is 0.174 e.